The first-order chi connectivity index (χ1) is 26.2. The molecule has 1 aliphatic rings. The molecule has 54 heavy (non-hydrogen) atoms. The van der Waals surface area contributed by atoms with Crippen molar-refractivity contribution in [3.63, 3.8) is 0 Å². The second-order valence-electron chi connectivity index (χ2n) is 15.4. The van der Waals surface area contributed by atoms with Crippen molar-refractivity contribution in [2.45, 2.75) is 229 Å². The summed E-state index contributed by atoms with van der Waals surface area (Å²) in [6, 6.07) is -1.18. The van der Waals surface area contributed by atoms with Crippen LogP contribution in [-0.2, 0) is 14.3 Å². The summed E-state index contributed by atoms with van der Waals surface area (Å²) in [6.45, 7) is 3.38. The van der Waals surface area contributed by atoms with Gasteiger partial charge < -0.3 is 50.5 Å². The molecule has 1 heterocycles. The Kier molecular flexibility index (Phi) is 31.6. The van der Waals surface area contributed by atoms with Gasteiger partial charge in [0, 0.05) is 0 Å². The molecular formula is C43H81NO10. The van der Waals surface area contributed by atoms with E-state index in [-0.39, 0.29) is 12.8 Å². The van der Waals surface area contributed by atoms with Crippen molar-refractivity contribution in [3.8, 4) is 0 Å². The van der Waals surface area contributed by atoms with E-state index in [0.29, 0.717) is 12.8 Å². The Bertz CT molecular complexity index is 934. The Labute approximate surface area is 327 Å². The number of hydrogen-bond acceptors (Lipinski definition) is 10. The molecule has 0 aliphatic carbocycles. The summed E-state index contributed by atoms with van der Waals surface area (Å²) in [4.78, 5) is 13.0. The van der Waals surface area contributed by atoms with Gasteiger partial charge in [0.1, 0.15) is 36.6 Å². The number of amides is 1. The number of hydrogen-bond donors (Lipinski definition) is 8. The predicted molar refractivity (Wildman–Crippen MR) is 215 cm³/mol. The third-order valence-corrected chi connectivity index (χ3v) is 10.5. The van der Waals surface area contributed by atoms with Crippen LogP contribution in [0.4, 0.5) is 0 Å². The van der Waals surface area contributed by atoms with Crippen LogP contribution in [-0.4, -0.2) is 110 Å². The molecule has 1 aliphatic heterocycles. The van der Waals surface area contributed by atoms with Gasteiger partial charge in [-0.05, 0) is 64.2 Å². The zero-order valence-corrected chi connectivity index (χ0v) is 34.0. The zero-order chi connectivity index (χ0) is 39.8. The van der Waals surface area contributed by atoms with Gasteiger partial charge in [-0.15, -0.1) is 0 Å². The van der Waals surface area contributed by atoms with Gasteiger partial charge in [-0.1, -0.05) is 134 Å². The van der Waals surface area contributed by atoms with Gasteiger partial charge in [-0.2, -0.15) is 0 Å². The minimum Gasteiger partial charge on any atom is -0.394 e. The van der Waals surface area contributed by atoms with Crippen LogP contribution in [0.3, 0.4) is 0 Å². The van der Waals surface area contributed by atoms with Crippen LogP contribution in [0.2, 0.25) is 0 Å². The highest BCUT2D eigenvalue weighted by atomic mass is 16.7. The van der Waals surface area contributed by atoms with Crippen molar-refractivity contribution in [1.82, 2.24) is 5.32 Å². The zero-order valence-electron chi connectivity index (χ0n) is 34.0. The summed E-state index contributed by atoms with van der Waals surface area (Å²) >= 11 is 0. The number of carbonyl (C=O) groups is 1. The van der Waals surface area contributed by atoms with Crippen LogP contribution in [0, 0.1) is 0 Å². The number of nitrogens with one attached hydrogen (secondary N) is 1. The summed E-state index contributed by atoms with van der Waals surface area (Å²) < 4.78 is 11.0. The van der Waals surface area contributed by atoms with Crippen LogP contribution in [0.25, 0.3) is 0 Å². The van der Waals surface area contributed by atoms with E-state index in [1.54, 1.807) is 0 Å². The smallest absolute Gasteiger partial charge is 0.249 e. The maximum absolute atomic E-state index is 13.0. The minimum atomic E-state index is -1.67. The van der Waals surface area contributed by atoms with Crippen LogP contribution in [0.5, 0.6) is 0 Å². The number of unbranched alkanes of at least 4 members (excludes halogenated alkanes) is 19. The maximum atomic E-state index is 13.0. The molecule has 0 bridgehead atoms. The van der Waals surface area contributed by atoms with Crippen LogP contribution in [0.1, 0.15) is 174 Å². The average Bonchev–Trinajstić information content (AvgIpc) is 3.17. The van der Waals surface area contributed by atoms with Crippen molar-refractivity contribution in [2.75, 3.05) is 13.2 Å². The van der Waals surface area contributed by atoms with E-state index in [1.165, 1.54) is 83.5 Å². The lowest BCUT2D eigenvalue weighted by Crippen LogP contribution is -2.60. The molecule has 11 heteroatoms. The number of carbonyl (C=O) groups excluding carboxylic acids is 1. The molecule has 1 saturated heterocycles. The third-order valence-electron chi connectivity index (χ3n) is 10.5. The van der Waals surface area contributed by atoms with Crippen LogP contribution < -0.4 is 5.32 Å². The van der Waals surface area contributed by atoms with Crippen LogP contribution >= 0.6 is 0 Å². The lowest BCUT2D eigenvalue weighted by atomic mass is 9.98. The molecule has 0 aromatic heterocycles. The van der Waals surface area contributed by atoms with E-state index in [0.717, 1.165) is 51.4 Å². The molecule has 1 fully saturated rings. The molecule has 0 radical (unpaired) electrons. The van der Waals surface area contributed by atoms with Crippen LogP contribution in [0.15, 0.2) is 24.3 Å². The molecule has 0 spiro atoms. The quantitative estimate of drug-likeness (QED) is 0.0269. The Balaban J connectivity index is 2.53. The number of rotatable bonds is 35. The minimum absolute atomic E-state index is 0.240. The molecule has 1 amide bonds. The van der Waals surface area contributed by atoms with Gasteiger partial charge in [0.2, 0.25) is 5.91 Å². The van der Waals surface area contributed by atoms with Gasteiger partial charge in [0.25, 0.3) is 0 Å². The van der Waals surface area contributed by atoms with E-state index < -0.39 is 74.2 Å². The van der Waals surface area contributed by atoms with Gasteiger partial charge in [-0.3, -0.25) is 4.79 Å². The maximum Gasteiger partial charge on any atom is 0.249 e. The first-order valence-corrected chi connectivity index (χ1v) is 21.7. The molecule has 0 aromatic carbocycles. The molecule has 0 aromatic rings. The third kappa shape index (κ3) is 23.6. The summed E-state index contributed by atoms with van der Waals surface area (Å²) in [5, 5.41) is 75.4. The predicted octanol–water partition coefficient (Wildman–Crippen LogP) is 6.28. The number of ether oxygens (including phenoxy) is 2. The van der Waals surface area contributed by atoms with Crippen molar-refractivity contribution in [1.29, 1.82) is 0 Å². The van der Waals surface area contributed by atoms with Gasteiger partial charge in [-0.25, -0.2) is 0 Å². The normalized spacial score (nSPS) is 22.9. The summed E-state index contributed by atoms with van der Waals surface area (Å²) in [5.41, 5.74) is 0. The fourth-order valence-electron chi connectivity index (χ4n) is 6.79. The highest BCUT2D eigenvalue weighted by Crippen LogP contribution is 2.23. The molecular weight excluding hydrogens is 690 g/mol. The lowest BCUT2D eigenvalue weighted by molar-refractivity contribution is -0.303. The molecule has 0 saturated carbocycles. The average molecular weight is 772 g/mol. The van der Waals surface area contributed by atoms with E-state index in [1.807, 2.05) is 0 Å². The summed E-state index contributed by atoms with van der Waals surface area (Å²) in [7, 11) is 0. The lowest BCUT2D eigenvalue weighted by Gasteiger charge is -2.40. The van der Waals surface area contributed by atoms with Crippen molar-refractivity contribution < 1.29 is 50.0 Å². The molecule has 9 atom stereocenters. The largest absolute Gasteiger partial charge is 0.394 e. The molecule has 9 unspecified atom stereocenters. The van der Waals surface area contributed by atoms with E-state index >= 15 is 0 Å². The Morgan fingerprint density at radius 1 is 0.630 bits per heavy atom. The first-order valence-electron chi connectivity index (χ1n) is 21.7. The van der Waals surface area contributed by atoms with Gasteiger partial charge in [0.15, 0.2) is 6.29 Å². The van der Waals surface area contributed by atoms with E-state index in [9.17, 15) is 40.5 Å². The monoisotopic (exact) mass is 772 g/mol. The van der Waals surface area contributed by atoms with Crippen molar-refractivity contribution in [3.05, 3.63) is 24.3 Å². The summed E-state index contributed by atoms with van der Waals surface area (Å²) in [5.74, 6) is -0.717. The second-order valence-corrected chi connectivity index (χ2v) is 15.4. The topological polar surface area (TPSA) is 189 Å². The first kappa shape index (κ1) is 50.6. The Hall–Kier alpha value is -1.41. The van der Waals surface area contributed by atoms with Crippen molar-refractivity contribution in [2.24, 2.45) is 0 Å². The number of aliphatic hydroxyl groups is 7. The van der Waals surface area contributed by atoms with Gasteiger partial charge >= 0.3 is 0 Å². The molecule has 8 N–H and O–H groups in total. The molecule has 318 valence electrons. The molecule has 1 rings (SSSR count). The van der Waals surface area contributed by atoms with Crippen molar-refractivity contribution >= 4 is 5.91 Å². The Morgan fingerprint density at radius 2 is 1.09 bits per heavy atom. The second kappa shape index (κ2) is 33.7. The highest BCUT2D eigenvalue weighted by molar-refractivity contribution is 5.80. The fraction of sp³-hybridized carbons (Fsp3) is 0.884. The number of aliphatic hydroxyl groups excluding tert-OH is 7. The Morgan fingerprint density at radius 3 is 1.59 bits per heavy atom. The standard InChI is InChI=1S/C43H81NO10/c1-3-5-7-9-11-13-15-17-18-19-21-23-25-27-29-31-36(47)42(52)44-34(33-53-43-41(51)40(50)39(49)37(32-45)54-43)38(48)35(46)30-28-26-24-22-20-16-14-12-10-8-6-4-2/h18-19,22,24,34-41,43,45-51H,3-17,20-21,23,25-33H2,1-2H3,(H,44,52)/b19-18-,24-22+. The SMILES string of the molecule is CCCCCCCCC/C=C\CCCCCCC(O)C(=O)NC(COC1OC(CO)C(O)C(O)C1O)C(O)C(O)CCC/C=C/CCCCCCCCC. The van der Waals surface area contributed by atoms with Gasteiger partial charge in [0.05, 0.1) is 25.4 Å². The highest BCUT2D eigenvalue weighted by Gasteiger charge is 2.44. The fourth-order valence-corrected chi connectivity index (χ4v) is 6.79. The van der Waals surface area contributed by atoms with E-state index in [2.05, 4.69) is 43.5 Å². The molecule has 11 nitrogen and oxygen atoms in total. The summed E-state index contributed by atoms with van der Waals surface area (Å²) in [6.07, 6.45) is 23.8. The van der Waals surface area contributed by atoms with E-state index in [4.69, 9.17) is 9.47 Å². The number of allylic oxidation sites excluding steroid dienone is 4.